The number of alkyl halides is 2. The molecule has 2 atom stereocenters. The smallest absolute Gasteiger partial charge is 0.202 e. The van der Waals surface area contributed by atoms with Gasteiger partial charge in [0.05, 0.1) is 7.85 Å². The minimum absolute atomic E-state index is 0.0108. The van der Waals surface area contributed by atoms with Crippen molar-refractivity contribution in [3.8, 4) is 0 Å². The van der Waals surface area contributed by atoms with Crippen molar-refractivity contribution in [1.29, 1.82) is 0 Å². The van der Waals surface area contributed by atoms with Gasteiger partial charge in [-0.2, -0.15) is 0 Å². The molecule has 1 aromatic rings. The summed E-state index contributed by atoms with van der Waals surface area (Å²) < 4.78 is 26.3. The molecule has 0 nitrogen and oxygen atoms in total. The minimum Gasteiger partial charge on any atom is -0.202 e. The Kier molecular flexibility index (Phi) is 3.26. The number of benzene rings is 1. The van der Waals surface area contributed by atoms with E-state index in [2.05, 4.69) is 9.24 Å². The molecule has 15 heavy (non-hydrogen) atoms. The van der Waals surface area contributed by atoms with Crippen molar-refractivity contribution >= 4 is 17.1 Å². The zero-order valence-corrected chi connectivity index (χ0v) is 10.3. The molecule has 0 amide bonds. The Morgan fingerprint density at radius 2 is 1.60 bits per heavy atom. The van der Waals surface area contributed by atoms with Crippen molar-refractivity contribution in [1.82, 2.24) is 0 Å². The Morgan fingerprint density at radius 1 is 1.13 bits per heavy atom. The molecule has 0 fully saturated rings. The first-order valence-electron chi connectivity index (χ1n) is 4.69. The van der Waals surface area contributed by atoms with Gasteiger partial charge < -0.3 is 0 Å². The molecule has 0 saturated carbocycles. The molecular formula is C11H14BF2P. The van der Waals surface area contributed by atoms with Gasteiger partial charge in [-0.05, 0) is 23.6 Å². The van der Waals surface area contributed by atoms with E-state index in [-0.39, 0.29) is 5.56 Å². The maximum atomic E-state index is 13.2. The summed E-state index contributed by atoms with van der Waals surface area (Å²) in [6.45, 7) is 4.45. The van der Waals surface area contributed by atoms with Crippen molar-refractivity contribution in [2.24, 2.45) is 0 Å². The molecule has 0 heterocycles. The molecule has 0 spiro atoms. The lowest BCUT2D eigenvalue weighted by Gasteiger charge is -2.22. The van der Waals surface area contributed by atoms with Crippen LogP contribution in [-0.2, 0) is 11.0 Å². The predicted molar refractivity (Wildman–Crippen MR) is 63.6 cm³/mol. The van der Waals surface area contributed by atoms with E-state index in [0.717, 1.165) is 12.5 Å². The fourth-order valence-corrected chi connectivity index (χ4v) is 1.51. The van der Waals surface area contributed by atoms with Gasteiger partial charge in [0.15, 0.2) is 0 Å². The van der Waals surface area contributed by atoms with Gasteiger partial charge in [-0.1, -0.05) is 24.6 Å². The average molecular weight is 226 g/mol. The Morgan fingerprint density at radius 3 is 2.00 bits per heavy atom. The molecule has 0 aliphatic heterocycles. The van der Waals surface area contributed by atoms with E-state index in [1.807, 2.05) is 6.07 Å². The zero-order valence-electron chi connectivity index (χ0n) is 9.14. The van der Waals surface area contributed by atoms with E-state index >= 15 is 0 Å². The van der Waals surface area contributed by atoms with Crippen LogP contribution in [0.2, 0.25) is 0 Å². The van der Waals surface area contributed by atoms with Gasteiger partial charge >= 0.3 is 0 Å². The second-order valence-electron chi connectivity index (χ2n) is 4.26. The number of rotatable bonds is 2. The molecule has 0 N–H and O–H groups in total. The molecule has 2 unspecified atom stereocenters. The van der Waals surface area contributed by atoms with E-state index in [9.17, 15) is 8.78 Å². The predicted octanol–water partition coefficient (Wildman–Crippen LogP) is 3.32. The van der Waals surface area contributed by atoms with Crippen molar-refractivity contribution in [2.45, 2.75) is 31.7 Å². The molecule has 0 saturated heterocycles. The van der Waals surface area contributed by atoms with Crippen molar-refractivity contribution in [2.75, 3.05) is 0 Å². The van der Waals surface area contributed by atoms with Crippen LogP contribution in [0, 0.1) is 6.92 Å². The lowest BCUT2D eigenvalue weighted by molar-refractivity contribution is 0.0173. The van der Waals surface area contributed by atoms with E-state index in [1.165, 1.54) is 12.1 Å². The minimum atomic E-state index is -2.82. The lowest BCUT2D eigenvalue weighted by atomic mass is 9.80. The first-order chi connectivity index (χ1) is 6.60. The zero-order chi connectivity index (χ0) is 11.9. The topological polar surface area (TPSA) is 0 Å². The van der Waals surface area contributed by atoms with E-state index < -0.39 is 11.0 Å². The number of aryl methyl sites for hydroxylation is 1. The fraction of sp³-hybridized carbons (Fsp3) is 0.455. The van der Waals surface area contributed by atoms with Gasteiger partial charge in [-0.25, -0.2) is 8.78 Å². The summed E-state index contributed by atoms with van der Waals surface area (Å²) in [5.74, 6) is -2.82. The van der Waals surface area contributed by atoms with Crippen LogP contribution in [0.15, 0.2) is 18.2 Å². The van der Waals surface area contributed by atoms with Gasteiger partial charge in [-0.3, -0.25) is 0 Å². The molecule has 0 aliphatic rings. The van der Waals surface area contributed by atoms with Crippen molar-refractivity contribution in [3.63, 3.8) is 0 Å². The van der Waals surface area contributed by atoms with Crippen LogP contribution in [-0.4, -0.2) is 7.85 Å². The van der Waals surface area contributed by atoms with E-state index in [4.69, 9.17) is 7.85 Å². The number of hydrogen-bond donors (Lipinski definition) is 0. The Balaban J connectivity index is 3.30. The molecule has 0 aliphatic carbocycles. The molecule has 1 aromatic carbocycles. The first-order valence-corrected chi connectivity index (χ1v) is 5.26. The largest absolute Gasteiger partial charge is 0.270 e. The van der Waals surface area contributed by atoms with Crippen molar-refractivity contribution in [3.05, 3.63) is 34.9 Å². The fourth-order valence-electron chi connectivity index (χ4n) is 1.35. The molecule has 2 radical (unpaired) electrons. The number of halogens is 2. The molecule has 80 valence electrons. The third kappa shape index (κ3) is 3.27. The number of hydrogen-bond acceptors (Lipinski definition) is 0. The van der Waals surface area contributed by atoms with E-state index in [1.54, 1.807) is 13.8 Å². The summed E-state index contributed by atoms with van der Waals surface area (Å²) in [6, 6.07) is 4.77. The lowest BCUT2D eigenvalue weighted by Crippen LogP contribution is -2.15. The van der Waals surface area contributed by atoms with Crippen LogP contribution in [0.25, 0.3) is 0 Å². The Bertz CT molecular complexity index is 332. The van der Waals surface area contributed by atoms with Crippen LogP contribution in [0.1, 0.15) is 30.5 Å². The maximum absolute atomic E-state index is 13.2. The molecule has 4 heteroatoms. The quantitative estimate of drug-likeness (QED) is 0.536. The standard InChI is InChI=1S/C11H14BF2P/c1-7-4-8(10(2,12)15)6-9(5-7)11(3,13)14/h4-6H,15H2,1-3H3. The first kappa shape index (κ1) is 12.6. The highest BCUT2D eigenvalue weighted by atomic mass is 31.0. The third-order valence-corrected chi connectivity index (χ3v) is 2.54. The molecule has 0 aromatic heterocycles. The summed E-state index contributed by atoms with van der Waals surface area (Å²) in [7, 11) is 8.31. The SMILES string of the molecule is [B]C(C)(P)c1cc(C)cc(C(C)(F)F)c1. The second-order valence-corrected chi connectivity index (χ2v) is 5.46. The molecule has 1 rings (SSSR count). The second kappa shape index (κ2) is 3.86. The van der Waals surface area contributed by atoms with Gasteiger partial charge in [0, 0.05) is 12.5 Å². The van der Waals surface area contributed by atoms with Crippen LogP contribution >= 0.6 is 9.24 Å². The highest BCUT2D eigenvalue weighted by Gasteiger charge is 2.26. The van der Waals surface area contributed by atoms with Crippen LogP contribution in [0.3, 0.4) is 0 Å². The summed E-state index contributed by atoms with van der Waals surface area (Å²) in [4.78, 5) is 0. The Labute approximate surface area is 93.1 Å². The highest BCUT2D eigenvalue weighted by molar-refractivity contribution is 7.21. The summed E-state index contributed by atoms with van der Waals surface area (Å²) in [5.41, 5.74) is 1.50. The molecule has 0 bridgehead atoms. The summed E-state index contributed by atoms with van der Waals surface area (Å²) in [5, 5.41) is -0.675. The van der Waals surface area contributed by atoms with Gasteiger partial charge in [0.2, 0.25) is 0 Å². The van der Waals surface area contributed by atoms with Gasteiger partial charge in [0.25, 0.3) is 5.92 Å². The van der Waals surface area contributed by atoms with Crippen LogP contribution in [0.5, 0.6) is 0 Å². The third-order valence-electron chi connectivity index (χ3n) is 2.21. The van der Waals surface area contributed by atoms with Gasteiger partial charge in [0.1, 0.15) is 0 Å². The summed E-state index contributed by atoms with van der Waals surface area (Å²) in [6.07, 6.45) is 0. The van der Waals surface area contributed by atoms with Crippen molar-refractivity contribution < 1.29 is 8.78 Å². The highest BCUT2D eigenvalue weighted by Crippen LogP contribution is 2.33. The van der Waals surface area contributed by atoms with Crippen LogP contribution in [0.4, 0.5) is 8.78 Å². The maximum Gasteiger partial charge on any atom is 0.270 e. The van der Waals surface area contributed by atoms with Gasteiger partial charge in [-0.15, -0.1) is 9.24 Å². The monoisotopic (exact) mass is 226 g/mol. The van der Waals surface area contributed by atoms with E-state index in [0.29, 0.717) is 5.56 Å². The molecular weight excluding hydrogens is 212 g/mol. The normalized spacial score (nSPS) is 16.1. The van der Waals surface area contributed by atoms with Crippen LogP contribution < -0.4 is 0 Å². The summed E-state index contributed by atoms with van der Waals surface area (Å²) >= 11 is 0. The average Bonchev–Trinajstić information content (AvgIpc) is 1.99. The Hall–Kier alpha value is -0.425.